The Kier molecular flexibility index (Phi) is 5.17. The number of benzene rings is 2. The van der Waals surface area contributed by atoms with Crippen LogP contribution in [0.5, 0.6) is 11.5 Å². The van der Waals surface area contributed by atoms with Crippen LogP contribution in [0.25, 0.3) is 11.0 Å². The first-order chi connectivity index (χ1) is 13.6. The second-order valence-electron chi connectivity index (χ2n) is 6.77. The van der Waals surface area contributed by atoms with Crippen molar-refractivity contribution >= 4 is 28.7 Å². The van der Waals surface area contributed by atoms with Crippen LogP contribution in [0.2, 0.25) is 0 Å². The highest BCUT2D eigenvalue weighted by atomic mass is 32.2. The van der Waals surface area contributed by atoms with Crippen LogP contribution < -0.4 is 9.47 Å². The van der Waals surface area contributed by atoms with Crippen LogP contribution in [0.1, 0.15) is 11.1 Å². The fourth-order valence-corrected chi connectivity index (χ4v) is 4.46. The lowest BCUT2D eigenvalue weighted by molar-refractivity contribution is -0.129. The summed E-state index contributed by atoms with van der Waals surface area (Å²) in [7, 11) is 5.25. The number of rotatable bonds is 5. The summed E-state index contributed by atoms with van der Waals surface area (Å²) in [5, 5.41) is 0.860. The average molecular weight is 398 g/mol. The van der Waals surface area contributed by atoms with Gasteiger partial charge in [0.15, 0.2) is 16.7 Å². The molecule has 0 saturated heterocycles. The molecule has 2 heterocycles. The lowest BCUT2D eigenvalue weighted by Crippen LogP contribution is -2.37. The molecule has 1 aliphatic rings. The van der Waals surface area contributed by atoms with Crippen molar-refractivity contribution in [2.45, 2.75) is 18.1 Å². The molecule has 28 heavy (non-hydrogen) atoms. The molecule has 0 radical (unpaired) electrons. The quantitative estimate of drug-likeness (QED) is 0.619. The summed E-state index contributed by atoms with van der Waals surface area (Å²) in [6, 6.07) is 12.0. The van der Waals surface area contributed by atoms with Gasteiger partial charge in [-0.1, -0.05) is 23.9 Å². The third-order valence-corrected chi connectivity index (χ3v) is 6.16. The molecule has 0 fully saturated rings. The molecule has 0 spiro atoms. The molecule has 4 rings (SSSR count). The van der Waals surface area contributed by atoms with Crippen molar-refractivity contribution in [3.05, 3.63) is 47.5 Å². The molecule has 146 valence electrons. The average Bonchev–Trinajstić information content (AvgIpc) is 3.06. The van der Waals surface area contributed by atoms with E-state index < -0.39 is 0 Å². The molecule has 0 unspecified atom stereocenters. The van der Waals surface area contributed by atoms with E-state index in [2.05, 4.69) is 4.98 Å². The van der Waals surface area contributed by atoms with Gasteiger partial charge in [-0.05, 0) is 41.8 Å². The number of carbonyl (C=O) groups excluding carboxylic acids is 1. The number of aryl methyl sites for hydroxylation is 1. The zero-order chi connectivity index (χ0) is 19.7. The van der Waals surface area contributed by atoms with Crippen molar-refractivity contribution in [3.63, 3.8) is 0 Å². The van der Waals surface area contributed by atoms with Crippen molar-refractivity contribution in [1.82, 2.24) is 14.5 Å². The minimum absolute atomic E-state index is 0.123. The summed E-state index contributed by atoms with van der Waals surface area (Å²) < 4.78 is 12.8. The number of amides is 1. The van der Waals surface area contributed by atoms with Crippen LogP contribution in [-0.4, -0.2) is 46.9 Å². The van der Waals surface area contributed by atoms with Crippen molar-refractivity contribution in [2.24, 2.45) is 7.05 Å². The molecule has 1 aromatic heterocycles. The number of nitrogens with zero attached hydrogens (tertiary/aromatic N) is 3. The minimum Gasteiger partial charge on any atom is -0.493 e. The third-order valence-electron chi connectivity index (χ3n) is 5.14. The van der Waals surface area contributed by atoms with Gasteiger partial charge in [0.25, 0.3) is 0 Å². The number of imidazole rings is 1. The van der Waals surface area contributed by atoms with E-state index in [1.54, 1.807) is 14.2 Å². The van der Waals surface area contributed by atoms with Gasteiger partial charge in [-0.15, -0.1) is 0 Å². The van der Waals surface area contributed by atoms with Gasteiger partial charge in [0.05, 0.1) is 31.0 Å². The maximum Gasteiger partial charge on any atom is 0.233 e. The van der Waals surface area contributed by atoms with Gasteiger partial charge in [0.2, 0.25) is 5.91 Å². The predicted molar refractivity (Wildman–Crippen MR) is 110 cm³/mol. The first-order valence-corrected chi connectivity index (χ1v) is 10.1. The Morgan fingerprint density at radius 1 is 1.14 bits per heavy atom. The molecule has 0 saturated carbocycles. The number of thioether (sulfide) groups is 1. The summed E-state index contributed by atoms with van der Waals surface area (Å²) in [6.45, 7) is 1.31. The number of ether oxygens (including phenoxy) is 2. The van der Waals surface area contributed by atoms with Crippen LogP contribution in [0.15, 0.2) is 41.6 Å². The summed E-state index contributed by atoms with van der Waals surface area (Å²) in [5.41, 5.74) is 4.35. The van der Waals surface area contributed by atoms with Crippen molar-refractivity contribution in [1.29, 1.82) is 0 Å². The highest BCUT2D eigenvalue weighted by Crippen LogP contribution is 2.33. The van der Waals surface area contributed by atoms with E-state index in [0.29, 0.717) is 24.6 Å². The highest BCUT2D eigenvalue weighted by molar-refractivity contribution is 7.99. The molecule has 1 amide bonds. The van der Waals surface area contributed by atoms with E-state index in [9.17, 15) is 4.79 Å². The maximum atomic E-state index is 12.8. The van der Waals surface area contributed by atoms with Crippen LogP contribution in [0, 0.1) is 0 Å². The number of carbonyl (C=O) groups is 1. The first kappa shape index (κ1) is 18.7. The number of hydrogen-bond donors (Lipinski definition) is 0. The zero-order valence-corrected chi connectivity index (χ0v) is 17.1. The molecule has 0 aliphatic carbocycles. The predicted octanol–water partition coefficient (Wildman–Crippen LogP) is 3.27. The van der Waals surface area contributed by atoms with Gasteiger partial charge in [0, 0.05) is 20.1 Å². The van der Waals surface area contributed by atoms with Crippen molar-refractivity contribution < 1.29 is 14.3 Å². The minimum atomic E-state index is 0.123. The molecule has 7 heteroatoms. The van der Waals surface area contributed by atoms with E-state index >= 15 is 0 Å². The lowest BCUT2D eigenvalue weighted by Gasteiger charge is -2.29. The van der Waals surface area contributed by atoms with Crippen LogP contribution in [0.4, 0.5) is 0 Å². The van der Waals surface area contributed by atoms with Crippen LogP contribution >= 0.6 is 11.8 Å². The van der Waals surface area contributed by atoms with Gasteiger partial charge in [-0.25, -0.2) is 4.98 Å². The second kappa shape index (κ2) is 7.75. The lowest BCUT2D eigenvalue weighted by atomic mass is 9.99. The zero-order valence-electron chi connectivity index (χ0n) is 16.3. The fourth-order valence-electron chi connectivity index (χ4n) is 3.57. The monoisotopic (exact) mass is 397 g/mol. The number of hydrogen-bond acceptors (Lipinski definition) is 5. The van der Waals surface area contributed by atoms with E-state index in [1.165, 1.54) is 17.3 Å². The summed E-state index contributed by atoms with van der Waals surface area (Å²) in [6.07, 6.45) is 0.818. The molecule has 3 aromatic rings. The Balaban J connectivity index is 1.45. The Bertz CT molecular complexity index is 1030. The smallest absolute Gasteiger partial charge is 0.233 e. The number of aromatic nitrogens is 2. The number of para-hydroxylation sites is 2. The van der Waals surface area contributed by atoms with E-state index in [1.807, 2.05) is 52.9 Å². The Morgan fingerprint density at radius 3 is 2.57 bits per heavy atom. The highest BCUT2D eigenvalue weighted by Gasteiger charge is 2.23. The Morgan fingerprint density at radius 2 is 1.86 bits per heavy atom. The molecule has 0 atom stereocenters. The standard InChI is InChI=1S/C21H23N3O3S/c1-23-17-7-5-4-6-16(17)22-21(23)28-13-20(25)24-9-8-14-10-18(26-2)19(27-3)11-15(14)12-24/h4-7,10-11H,8-9,12-13H2,1-3H3. The molecular weight excluding hydrogens is 374 g/mol. The van der Waals surface area contributed by atoms with Gasteiger partial charge < -0.3 is 18.9 Å². The second-order valence-corrected chi connectivity index (χ2v) is 7.71. The Hall–Kier alpha value is -2.67. The normalized spacial score (nSPS) is 13.5. The first-order valence-electron chi connectivity index (χ1n) is 9.16. The van der Waals surface area contributed by atoms with E-state index in [4.69, 9.17) is 9.47 Å². The molecule has 2 aromatic carbocycles. The van der Waals surface area contributed by atoms with Crippen LogP contribution in [0.3, 0.4) is 0 Å². The molecule has 0 N–H and O–H groups in total. The number of methoxy groups -OCH3 is 2. The van der Waals surface area contributed by atoms with E-state index in [-0.39, 0.29) is 5.91 Å². The number of fused-ring (bicyclic) bond motifs is 2. The Labute approximate surface area is 168 Å². The topological polar surface area (TPSA) is 56.6 Å². The molecule has 0 bridgehead atoms. The third kappa shape index (κ3) is 3.42. The summed E-state index contributed by atoms with van der Waals surface area (Å²) in [4.78, 5) is 19.3. The molecular formula is C21H23N3O3S. The van der Waals surface area contributed by atoms with E-state index in [0.717, 1.165) is 33.9 Å². The largest absolute Gasteiger partial charge is 0.493 e. The molecule has 1 aliphatic heterocycles. The summed E-state index contributed by atoms with van der Waals surface area (Å²) in [5.74, 6) is 1.93. The SMILES string of the molecule is COc1cc2c(cc1OC)CN(C(=O)CSc1nc3ccccc3n1C)CC2. The maximum absolute atomic E-state index is 12.8. The van der Waals surface area contributed by atoms with Crippen molar-refractivity contribution in [2.75, 3.05) is 26.5 Å². The van der Waals surface area contributed by atoms with Gasteiger partial charge in [-0.2, -0.15) is 0 Å². The summed E-state index contributed by atoms with van der Waals surface area (Å²) >= 11 is 1.49. The van der Waals surface area contributed by atoms with Gasteiger partial charge in [0.1, 0.15) is 0 Å². The van der Waals surface area contributed by atoms with Gasteiger partial charge >= 0.3 is 0 Å². The van der Waals surface area contributed by atoms with Crippen LogP contribution in [-0.2, 0) is 24.8 Å². The van der Waals surface area contributed by atoms with Crippen molar-refractivity contribution in [3.8, 4) is 11.5 Å². The fraction of sp³-hybridized carbons (Fsp3) is 0.333. The molecule has 6 nitrogen and oxygen atoms in total. The van der Waals surface area contributed by atoms with Gasteiger partial charge in [-0.3, -0.25) is 4.79 Å².